The fourth-order valence-corrected chi connectivity index (χ4v) is 0.612. The lowest BCUT2D eigenvalue weighted by Gasteiger charge is -2.18. The molecule has 1 aliphatic carbocycles. The van der Waals surface area contributed by atoms with Crippen molar-refractivity contribution in [3.8, 4) is 0 Å². The van der Waals surface area contributed by atoms with Crippen LogP contribution in [0.3, 0.4) is 0 Å². The monoisotopic (exact) mass is 144 g/mol. The molecule has 0 aromatic heterocycles. The van der Waals surface area contributed by atoms with Crippen molar-refractivity contribution in [2.24, 2.45) is 5.92 Å². The molecule has 1 aliphatic rings. The van der Waals surface area contributed by atoms with Gasteiger partial charge >= 0.3 is 0 Å². The summed E-state index contributed by atoms with van der Waals surface area (Å²) < 4.78 is 0. The van der Waals surface area contributed by atoms with Gasteiger partial charge in [0.25, 0.3) is 0 Å². The summed E-state index contributed by atoms with van der Waals surface area (Å²) in [4.78, 5) is 0. The first-order valence-electron chi connectivity index (χ1n) is 4.81. The van der Waals surface area contributed by atoms with Crippen LogP contribution in [0.2, 0.25) is 0 Å². The third-order valence-electron chi connectivity index (χ3n) is 1.39. The van der Waals surface area contributed by atoms with E-state index >= 15 is 0 Å². The Labute approximate surface area is 67.0 Å². The van der Waals surface area contributed by atoms with Crippen LogP contribution in [-0.2, 0) is 0 Å². The zero-order valence-electron chi connectivity index (χ0n) is 8.41. The van der Waals surface area contributed by atoms with E-state index in [1.54, 1.807) is 0 Å². The van der Waals surface area contributed by atoms with Gasteiger partial charge < -0.3 is 0 Å². The summed E-state index contributed by atoms with van der Waals surface area (Å²) in [5, 5.41) is 0. The Hall–Kier alpha value is 0. The van der Waals surface area contributed by atoms with E-state index in [1.807, 2.05) is 13.8 Å². The Bertz CT molecular complexity index is 35.3. The smallest absolute Gasteiger partial charge is 0.0443 e. The van der Waals surface area contributed by atoms with Gasteiger partial charge in [-0.3, -0.25) is 0 Å². The summed E-state index contributed by atoms with van der Waals surface area (Å²) in [6, 6.07) is 0. The quantitative estimate of drug-likeness (QED) is 0.477. The van der Waals surface area contributed by atoms with Gasteiger partial charge in [0.1, 0.15) is 0 Å². The molecule has 10 heavy (non-hydrogen) atoms. The van der Waals surface area contributed by atoms with Gasteiger partial charge in [-0.05, 0) is 5.92 Å². The van der Waals surface area contributed by atoms with Crippen LogP contribution in [0.4, 0.5) is 0 Å². The Balaban J connectivity index is 0. The number of hydrogen-bond donors (Lipinski definition) is 0. The Kier molecular flexibility index (Phi) is 14.9. The third kappa shape index (κ3) is 10.9. The van der Waals surface area contributed by atoms with Crippen molar-refractivity contribution in [3.05, 3.63) is 0 Å². The Morgan fingerprint density at radius 2 is 1.30 bits per heavy atom. The molecule has 1 fully saturated rings. The molecule has 0 spiro atoms. The summed E-state index contributed by atoms with van der Waals surface area (Å²) in [6.07, 6.45) is 5.71. The van der Waals surface area contributed by atoms with Crippen molar-refractivity contribution >= 4 is 0 Å². The summed E-state index contributed by atoms with van der Waals surface area (Å²) in [7, 11) is 0. The maximum absolute atomic E-state index is 2.31. The molecule has 64 valence electrons. The molecule has 0 heterocycles. The SMILES string of the molecule is CC.CC1CCC1.CCC. The van der Waals surface area contributed by atoms with Crippen molar-refractivity contribution in [1.82, 2.24) is 0 Å². The molecule has 0 aromatic carbocycles. The van der Waals surface area contributed by atoms with Crippen molar-refractivity contribution in [2.45, 2.75) is 60.3 Å². The lowest BCUT2D eigenvalue weighted by molar-refractivity contribution is 0.346. The molecular formula is C10H24. The van der Waals surface area contributed by atoms with Crippen molar-refractivity contribution in [1.29, 1.82) is 0 Å². The predicted molar refractivity (Wildman–Crippen MR) is 50.3 cm³/mol. The molecule has 0 aliphatic heterocycles. The lowest BCUT2D eigenvalue weighted by Crippen LogP contribution is -2.04. The molecule has 1 saturated carbocycles. The highest BCUT2D eigenvalue weighted by atomic mass is 14.1. The first-order chi connectivity index (χ1) is 4.81. The van der Waals surface area contributed by atoms with E-state index < -0.39 is 0 Å². The molecule has 0 unspecified atom stereocenters. The van der Waals surface area contributed by atoms with E-state index in [4.69, 9.17) is 0 Å². The highest BCUT2D eigenvalue weighted by Crippen LogP contribution is 2.24. The molecule has 0 atom stereocenters. The van der Waals surface area contributed by atoms with Crippen molar-refractivity contribution in [3.63, 3.8) is 0 Å². The maximum Gasteiger partial charge on any atom is -0.0443 e. The number of rotatable bonds is 0. The lowest BCUT2D eigenvalue weighted by atomic mass is 9.88. The minimum absolute atomic E-state index is 1.06. The van der Waals surface area contributed by atoms with Gasteiger partial charge in [0.05, 0.1) is 0 Å². The van der Waals surface area contributed by atoms with Crippen LogP contribution in [0.15, 0.2) is 0 Å². The van der Waals surface area contributed by atoms with E-state index in [2.05, 4.69) is 20.8 Å². The van der Waals surface area contributed by atoms with Crippen LogP contribution >= 0.6 is 0 Å². The largest absolute Gasteiger partial charge is 0.0683 e. The van der Waals surface area contributed by atoms with Crippen LogP contribution < -0.4 is 0 Å². The molecule has 0 radical (unpaired) electrons. The maximum atomic E-state index is 2.31. The molecule has 0 saturated heterocycles. The first kappa shape index (κ1) is 12.7. The second-order valence-corrected chi connectivity index (χ2v) is 2.74. The molecule has 0 N–H and O–H groups in total. The van der Waals surface area contributed by atoms with Gasteiger partial charge in [-0.1, -0.05) is 60.3 Å². The third-order valence-corrected chi connectivity index (χ3v) is 1.39. The summed E-state index contributed by atoms with van der Waals surface area (Å²) >= 11 is 0. The van der Waals surface area contributed by atoms with Gasteiger partial charge in [0.15, 0.2) is 0 Å². The topological polar surface area (TPSA) is 0 Å². The zero-order chi connectivity index (χ0) is 8.41. The zero-order valence-corrected chi connectivity index (χ0v) is 8.41. The second-order valence-electron chi connectivity index (χ2n) is 2.74. The van der Waals surface area contributed by atoms with Gasteiger partial charge in [-0.15, -0.1) is 0 Å². The van der Waals surface area contributed by atoms with E-state index in [0.717, 1.165) is 5.92 Å². The molecule has 0 aromatic rings. The molecule has 0 heteroatoms. The van der Waals surface area contributed by atoms with Crippen molar-refractivity contribution < 1.29 is 0 Å². The van der Waals surface area contributed by atoms with Gasteiger partial charge in [0, 0.05) is 0 Å². The van der Waals surface area contributed by atoms with Crippen LogP contribution in [0.1, 0.15) is 60.3 Å². The first-order valence-corrected chi connectivity index (χ1v) is 4.81. The Morgan fingerprint density at radius 3 is 1.30 bits per heavy atom. The van der Waals surface area contributed by atoms with Gasteiger partial charge in [0.2, 0.25) is 0 Å². The van der Waals surface area contributed by atoms with Crippen LogP contribution in [0, 0.1) is 5.92 Å². The van der Waals surface area contributed by atoms with Crippen LogP contribution in [-0.4, -0.2) is 0 Å². The van der Waals surface area contributed by atoms with E-state index in [0.29, 0.717) is 0 Å². The number of hydrogen-bond acceptors (Lipinski definition) is 0. The summed E-state index contributed by atoms with van der Waals surface area (Å²) in [6.45, 7) is 10.6. The highest BCUT2D eigenvalue weighted by molar-refractivity contribution is 4.62. The van der Waals surface area contributed by atoms with Crippen LogP contribution in [0.25, 0.3) is 0 Å². The fraction of sp³-hybridized carbons (Fsp3) is 1.00. The average molecular weight is 144 g/mol. The standard InChI is InChI=1S/C5H10.C3H8.C2H6/c1-5-3-2-4-5;1-3-2;1-2/h5H,2-4H2,1H3;3H2,1-2H3;1-2H3. The fourth-order valence-electron chi connectivity index (χ4n) is 0.612. The van der Waals surface area contributed by atoms with Crippen molar-refractivity contribution in [2.75, 3.05) is 0 Å². The summed E-state index contributed by atoms with van der Waals surface area (Å²) in [5.41, 5.74) is 0. The molecule has 1 rings (SSSR count). The summed E-state index contributed by atoms with van der Waals surface area (Å²) in [5.74, 6) is 1.06. The second kappa shape index (κ2) is 11.8. The minimum Gasteiger partial charge on any atom is -0.0683 e. The van der Waals surface area contributed by atoms with E-state index in [9.17, 15) is 0 Å². The Morgan fingerprint density at radius 1 is 1.10 bits per heavy atom. The average Bonchev–Trinajstić information content (AvgIpc) is 1.90. The highest BCUT2D eigenvalue weighted by Gasteiger charge is 2.09. The predicted octanol–water partition coefficient (Wildman–Crippen LogP) is 4.25. The van der Waals surface area contributed by atoms with E-state index in [-0.39, 0.29) is 0 Å². The normalized spacial score (nSPS) is 15.3. The van der Waals surface area contributed by atoms with Gasteiger partial charge in [-0.25, -0.2) is 0 Å². The van der Waals surface area contributed by atoms with Gasteiger partial charge in [-0.2, -0.15) is 0 Å². The molecular weight excluding hydrogens is 120 g/mol. The minimum atomic E-state index is 1.06. The van der Waals surface area contributed by atoms with Crippen LogP contribution in [0.5, 0.6) is 0 Å². The molecule has 0 nitrogen and oxygen atoms in total. The molecule has 0 amide bonds. The van der Waals surface area contributed by atoms with E-state index in [1.165, 1.54) is 25.7 Å². The molecule has 0 bridgehead atoms.